The van der Waals surface area contributed by atoms with Crippen molar-refractivity contribution in [3.05, 3.63) is 52.4 Å². The van der Waals surface area contributed by atoms with Crippen molar-refractivity contribution < 1.29 is 18.8 Å². The van der Waals surface area contributed by atoms with Gasteiger partial charge in [0, 0.05) is 42.2 Å². The number of amides is 2. The van der Waals surface area contributed by atoms with Crippen LogP contribution in [0.15, 0.2) is 34.9 Å². The Morgan fingerprint density at radius 3 is 2.93 bits per heavy atom. The maximum Gasteiger partial charge on any atom is 0.279 e. The maximum absolute atomic E-state index is 12.4. The highest BCUT2D eigenvalue weighted by molar-refractivity contribution is 7.15. The topological polar surface area (TPSA) is 110 Å². The summed E-state index contributed by atoms with van der Waals surface area (Å²) in [4.78, 5) is 32.3. The van der Waals surface area contributed by atoms with Crippen molar-refractivity contribution in [2.45, 2.75) is 19.9 Å². The Labute approximate surface area is 177 Å². The van der Waals surface area contributed by atoms with Gasteiger partial charge in [-0.2, -0.15) is 0 Å². The second-order valence-electron chi connectivity index (χ2n) is 6.91. The molecule has 0 saturated heterocycles. The molecule has 2 aromatic heterocycles. The lowest BCUT2D eigenvalue weighted by atomic mass is 10.2. The minimum Gasteiger partial charge on any atom is -0.497 e. The van der Waals surface area contributed by atoms with E-state index in [-0.39, 0.29) is 24.1 Å². The van der Waals surface area contributed by atoms with Crippen molar-refractivity contribution in [2.24, 2.45) is 0 Å². The Morgan fingerprint density at radius 1 is 1.30 bits per heavy atom. The molecular weight excluding hydrogens is 406 g/mol. The summed E-state index contributed by atoms with van der Waals surface area (Å²) in [6.45, 7) is 3.33. The second kappa shape index (κ2) is 8.64. The molecule has 0 fully saturated rings. The van der Waals surface area contributed by atoms with Gasteiger partial charge in [-0.25, -0.2) is 4.98 Å². The zero-order valence-corrected chi connectivity index (χ0v) is 17.4. The van der Waals surface area contributed by atoms with E-state index in [9.17, 15) is 9.59 Å². The van der Waals surface area contributed by atoms with E-state index in [0.29, 0.717) is 28.9 Å². The number of rotatable bonds is 6. The van der Waals surface area contributed by atoms with Gasteiger partial charge in [-0.05, 0) is 19.1 Å². The third-order valence-electron chi connectivity index (χ3n) is 4.61. The number of carbonyl (C=O) groups is 2. The highest BCUT2D eigenvalue weighted by Crippen LogP contribution is 2.28. The Bertz CT molecular complexity index is 1080. The standard InChI is InChI=1S/C20H21N5O4S/c1-12-8-16(24-29-12)19(27)23-20-22-15-6-7-25(10-17(15)30-20)11-18(26)21-13-4-3-5-14(9-13)28-2/h3-5,8-9H,6-7,10-11H2,1-2H3,(H,21,26)(H,22,23,27). The molecule has 0 radical (unpaired) electrons. The molecule has 0 aliphatic carbocycles. The molecule has 0 bridgehead atoms. The molecule has 0 saturated carbocycles. The molecule has 1 aliphatic rings. The molecule has 156 valence electrons. The van der Waals surface area contributed by atoms with Crippen molar-refractivity contribution in [1.29, 1.82) is 0 Å². The van der Waals surface area contributed by atoms with Gasteiger partial charge in [0.05, 0.1) is 19.3 Å². The molecule has 2 amide bonds. The van der Waals surface area contributed by atoms with E-state index in [1.807, 2.05) is 18.2 Å². The van der Waals surface area contributed by atoms with Crippen LogP contribution in [0.5, 0.6) is 5.75 Å². The number of hydrogen-bond donors (Lipinski definition) is 2. The van der Waals surface area contributed by atoms with E-state index in [0.717, 1.165) is 23.5 Å². The predicted octanol–water partition coefficient (Wildman–Crippen LogP) is 2.70. The number of carbonyl (C=O) groups excluding carboxylic acids is 2. The Hall–Kier alpha value is -3.24. The second-order valence-corrected chi connectivity index (χ2v) is 7.99. The molecule has 10 heteroatoms. The van der Waals surface area contributed by atoms with E-state index >= 15 is 0 Å². The lowest BCUT2D eigenvalue weighted by Crippen LogP contribution is -2.36. The molecule has 3 aromatic rings. The fraction of sp³-hybridized carbons (Fsp3) is 0.300. The highest BCUT2D eigenvalue weighted by Gasteiger charge is 2.23. The minimum absolute atomic E-state index is 0.0915. The van der Waals surface area contributed by atoms with Crippen LogP contribution in [-0.2, 0) is 17.8 Å². The zero-order valence-electron chi connectivity index (χ0n) is 16.6. The molecule has 1 aliphatic heterocycles. The van der Waals surface area contributed by atoms with Crippen LogP contribution >= 0.6 is 11.3 Å². The van der Waals surface area contributed by atoms with Crippen molar-refractivity contribution >= 4 is 34.0 Å². The number of hydrogen-bond acceptors (Lipinski definition) is 8. The molecular formula is C20H21N5O4S. The van der Waals surface area contributed by atoms with Crippen LogP contribution in [0.2, 0.25) is 0 Å². The summed E-state index contributed by atoms with van der Waals surface area (Å²) < 4.78 is 10.1. The van der Waals surface area contributed by atoms with Crippen LogP contribution in [0.25, 0.3) is 0 Å². The van der Waals surface area contributed by atoms with Crippen LogP contribution in [-0.4, -0.2) is 47.1 Å². The SMILES string of the molecule is COc1cccc(NC(=O)CN2CCc3nc(NC(=O)c4cc(C)on4)sc3C2)c1. The van der Waals surface area contributed by atoms with Crippen LogP contribution in [0, 0.1) is 6.92 Å². The summed E-state index contributed by atoms with van der Waals surface area (Å²) in [5.74, 6) is 0.815. The number of aromatic nitrogens is 2. The Balaban J connectivity index is 1.34. The number of aryl methyl sites for hydroxylation is 1. The van der Waals surface area contributed by atoms with E-state index in [2.05, 4.69) is 25.7 Å². The first kappa shape index (κ1) is 20.0. The highest BCUT2D eigenvalue weighted by atomic mass is 32.1. The monoisotopic (exact) mass is 427 g/mol. The lowest BCUT2D eigenvalue weighted by molar-refractivity contribution is -0.117. The number of ether oxygens (including phenoxy) is 1. The number of thiazole rings is 1. The summed E-state index contributed by atoms with van der Waals surface area (Å²) >= 11 is 1.41. The zero-order chi connectivity index (χ0) is 21.1. The largest absolute Gasteiger partial charge is 0.497 e. The number of fused-ring (bicyclic) bond motifs is 1. The number of anilines is 2. The minimum atomic E-state index is -0.354. The quantitative estimate of drug-likeness (QED) is 0.622. The first-order chi connectivity index (χ1) is 14.5. The number of nitrogens with zero attached hydrogens (tertiary/aromatic N) is 3. The van der Waals surface area contributed by atoms with Crippen molar-refractivity contribution in [3.8, 4) is 5.75 Å². The van der Waals surface area contributed by atoms with Crippen LogP contribution in [0.4, 0.5) is 10.8 Å². The third-order valence-corrected chi connectivity index (χ3v) is 5.61. The van der Waals surface area contributed by atoms with Gasteiger partial charge in [0.25, 0.3) is 5.91 Å². The van der Waals surface area contributed by atoms with Gasteiger partial charge in [-0.1, -0.05) is 11.2 Å². The van der Waals surface area contributed by atoms with Crippen molar-refractivity contribution in [2.75, 3.05) is 30.8 Å². The summed E-state index contributed by atoms with van der Waals surface area (Å²) in [6.07, 6.45) is 0.719. The van der Waals surface area contributed by atoms with Crippen molar-refractivity contribution in [3.63, 3.8) is 0 Å². The summed E-state index contributed by atoms with van der Waals surface area (Å²) in [7, 11) is 1.59. The molecule has 0 atom stereocenters. The number of methoxy groups -OCH3 is 1. The van der Waals surface area contributed by atoms with Gasteiger partial charge in [0.15, 0.2) is 10.8 Å². The summed E-state index contributed by atoms with van der Waals surface area (Å²) in [5, 5.41) is 9.89. The summed E-state index contributed by atoms with van der Waals surface area (Å²) in [5.41, 5.74) is 1.87. The van der Waals surface area contributed by atoms with Gasteiger partial charge >= 0.3 is 0 Å². The van der Waals surface area contributed by atoms with Gasteiger partial charge in [-0.15, -0.1) is 11.3 Å². The molecule has 9 nitrogen and oxygen atoms in total. The molecule has 0 spiro atoms. The summed E-state index contributed by atoms with van der Waals surface area (Å²) in [6, 6.07) is 8.83. The first-order valence-electron chi connectivity index (χ1n) is 9.39. The molecule has 4 rings (SSSR count). The van der Waals surface area contributed by atoms with Crippen LogP contribution < -0.4 is 15.4 Å². The van der Waals surface area contributed by atoms with E-state index in [1.165, 1.54) is 11.3 Å². The van der Waals surface area contributed by atoms with E-state index in [1.54, 1.807) is 26.2 Å². The molecule has 1 aromatic carbocycles. The fourth-order valence-corrected chi connectivity index (χ4v) is 4.22. The van der Waals surface area contributed by atoms with Crippen LogP contribution in [0.1, 0.15) is 26.8 Å². The molecule has 3 heterocycles. The normalized spacial score (nSPS) is 13.5. The third kappa shape index (κ3) is 4.66. The first-order valence-corrected chi connectivity index (χ1v) is 10.2. The maximum atomic E-state index is 12.4. The van der Waals surface area contributed by atoms with E-state index in [4.69, 9.17) is 9.26 Å². The smallest absolute Gasteiger partial charge is 0.279 e. The van der Waals surface area contributed by atoms with Gasteiger partial charge < -0.3 is 14.6 Å². The molecule has 2 N–H and O–H groups in total. The van der Waals surface area contributed by atoms with Crippen molar-refractivity contribution in [1.82, 2.24) is 15.0 Å². The van der Waals surface area contributed by atoms with Gasteiger partial charge in [0.2, 0.25) is 5.91 Å². The number of benzene rings is 1. The predicted molar refractivity (Wildman–Crippen MR) is 112 cm³/mol. The molecule has 30 heavy (non-hydrogen) atoms. The van der Waals surface area contributed by atoms with Gasteiger partial charge in [0.1, 0.15) is 11.5 Å². The molecule has 0 unspecified atom stereocenters. The van der Waals surface area contributed by atoms with E-state index < -0.39 is 0 Å². The van der Waals surface area contributed by atoms with Gasteiger partial charge in [-0.3, -0.25) is 19.8 Å². The Morgan fingerprint density at radius 2 is 2.17 bits per heavy atom. The average Bonchev–Trinajstić information content (AvgIpc) is 3.33. The lowest BCUT2D eigenvalue weighted by Gasteiger charge is -2.25. The average molecular weight is 427 g/mol. The fourth-order valence-electron chi connectivity index (χ4n) is 3.18. The van der Waals surface area contributed by atoms with Crippen LogP contribution in [0.3, 0.4) is 0 Å². The number of nitrogens with one attached hydrogen (secondary N) is 2. The Kier molecular flexibility index (Phi) is 5.77.